The fraction of sp³-hybridized carbons (Fsp3) is 0.877. The fourth-order valence-electron chi connectivity index (χ4n) is 8.23. The van der Waals surface area contributed by atoms with Crippen molar-refractivity contribution in [2.75, 3.05) is 13.2 Å². The van der Waals surface area contributed by atoms with Crippen LogP contribution in [0.15, 0.2) is 24.3 Å². The van der Waals surface area contributed by atoms with E-state index < -0.39 is 6.10 Å². The summed E-state index contributed by atoms with van der Waals surface area (Å²) in [4.78, 5) is 38.0. The summed E-state index contributed by atoms with van der Waals surface area (Å²) in [5.74, 6) is -0.871. The van der Waals surface area contributed by atoms with Crippen LogP contribution in [-0.4, -0.2) is 37.2 Å². The first-order valence-electron chi connectivity index (χ1n) is 27.8. The van der Waals surface area contributed by atoms with E-state index in [0.29, 0.717) is 19.3 Å². The van der Waals surface area contributed by atoms with Crippen LogP contribution in [0, 0.1) is 0 Å². The Hall–Kier alpha value is -2.11. The van der Waals surface area contributed by atoms with Crippen LogP contribution < -0.4 is 0 Å². The molecule has 63 heavy (non-hydrogen) atoms. The van der Waals surface area contributed by atoms with Crippen LogP contribution >= 0.6 is 0 Å². The molecule has 0 fully saturated rings. The van der Waals surface area contributed by atoms with Gasteiger partial charge in [0, 0.05) is 19.3 Å². The lowest BCUT2D eigenvalue weighted by Crippen LogP contribution is -2.30. The van der Waals surface area contributed by atoms with Gasteiger partial charge in [0.25, 0.3) is 0 Å². The Morgan fingerprint density at radius 2 is 0.587 bits per heavy atom. The van der Waals surface area contributed by atoms with Crippen molar-refractivity contribution >= 4 is 17.9 Å². The van der Waals surface area contributed by atoms with Gasteiger partial charge in [-0.05, 0) is 44.9 Å². The molecule has 1 unspecified atom stereocenters. The van der Waals surface area contributed by atoms with Gasteiger partial charge >= 0.3 is 17.9 Å². The Labute approximate surface area is 392 Å². The minimum atomic E-state index is -0.772. The Kier molecular flexibility index (Phi) is 50.8. The smallest absolute Gasteiger partial charge is 0.306 e. The number of ether oxygens (including phenoxy) is 3. The molecule has 0 bridgehead atoms. The quantitative estimate of drug-likeness (QED) is 0.0262. The van der Waals surface area contributed by atoms with Gasteiger partial charge in [0.1, 0.15) is 13.2 Å². The second kappa shape index (κ2) is 52.5. The van der Waals surface area contributed by atoms with E-state index in [0.717, 1.165) is 83.5 Å². The average molecular weight is 887 g/mol. The maximum absolute atomic E-state index is 12.8. The van der Waals surface area contributed by atoms with Crippen molar-refractivity contribution in [3.05, 3.63) is 24.3 Å². The van der Waals surface area contributed by atoms with Crippen molar-refractivity contribution in [1.82, 2.24) is 0 Å². The van der Waals surface area contributed by atoms with Crippen LogP contribution in [0.3, 0.4) is 0 Å². The van der Waals surface area contributed by atoms with Crippen LogP contribution in [0.2, 0.25) is 0 Å². The highest BCUT2D eigenvalue weighted by Gasteiger charge is 2.19. The Bertz CT molecular complexity index is 1020. The van der Waals surface area contributed by atoms with E-state index in [2.05, 4.69) is 45.1 Å². The molecule has 0 N–H and O–H groups in total. The van der Waals surface area contributed by atoms with Crippen molar-refractivity contribution in [3.63, 3.8) is 0 Å². The normalized spacial score (nSPS) is 12.1. The molecular weight excluding hydrogens is 781 g/mol. The first-order valence-corrected chi connectivity index (χ1v) is 27.8. The zero-order valence-corrected chi connectivity index (χ0v) is 42.4. The van der Waals surface area contributed by atoms with Crippen molar-refractivity contribution in [2.24, 2.45) is 0 Å². The van der Waals surface area contributed by atoms with Gasteiger partial charge in [-0.25, -0.2) is 0 Å². The summed E-state index contributed by atoms with van der Waals surface area (Å²) in [7, 11) is 0. The van der Waals surface area contributed by atoms with E-state index in [1.54, 1.807) is 0 Å². The van der Waals surface area contributed by atoms with E-state index >= 15 is 0 Å². The lowest BCUT2D eigenvalue weighted by Gasteiger charge is -2.18. The van der Waals surface area contributed by atoms with E-state index in [1.165, 1.54) is 180 Å². The topological polar surface area (TPSA) is 78.9 Å². The van der Waals surface area contributed by atoms with E-state index in [-0.39, 0.29) is 31.1 Å². The first-order chi connectivity index (χ1) is 31.0. The standard InChI is InChI=1S/C57H106O6/c1-4-7-10-13-16-19-22-24-26-27-28-29-30-31-32-34-35-38-41-44-47-50-56(59)62-53-54(52-61-55(58)49-46-43-40-37-21-18-15-12-9-6-3)63-57(60)51-48-45-42-39-36-33-25-23-20-17-14-11-8-5-2/h14,17,23,25,54H,4-13,15-16,18-22,24,26-53H2,1-3H3/b17-14-,25-23-. The zero-order chi connectivity index (χ0) is 45.8. The third kappa shape index (κ3) is 50.7. The number of carbonyl (C=O) groups is 3. The summed E-state index contributed by atoms with van der Waals surface area (Å²) in [5, 5.41) is 0. The van der Waals surface area contributed by atoms with Gasteiger partial charge in [0.05, 0.1) is 0 Å². The summed E-state index contributed by atoms with van der Waals surface area (Å²) >= 11 is 0. The fourth-order valence-corrected chi connectivity index (χ4v) is 8.23. The van der Waals surface area contributed by atoms with Crippen LogP contribution in [-0.2, 0) is 28.6 Å². The highest BCUT2D eigenvalue weighted by molar-refractivity contribution is 5.71. The monoisotopic (exact) mass is 887 g/mol. The third-order valence-corrected chi connectivity index (χ3v) is 12.5. The van der Waals surface area contributed by atoms with Gasteiger partial charge in [0.2, 0.25) is 0 Å². The van der Waals surface area contributed by atoms with Crippen molar-refractivity contribution in [2.45, 2.75) is 309 Å². The number of hydrogen-bond acceptors (Lipinski definition) is 6. The number of unbranched alkanes of at least 4 members (excludes halogenated alkanes) is 36. The van der Waals surface area contributed by atoms with E-state index in [1.807, 2.05) is 0 Å². The van der Waals surface area contributed by atoms with Crippen molar-refractivity contribution < 1.29 is 28.6 Å². The Balaban J connectivity index is 4.23. The Morgan fingerprint density at radius 1 is 0.317 bits per heavy atom. The number of rotatable bonds is 51. The molecular formula is C57H106O6. The minimum Gasteiger partial charge on any atom is -0.462 e. The molecule has 0 saturated carbocycles. The van der Waals surface area contributed by atoms with Crippen molar-refractivity contribution in [3.8, 4) is 0 Å². The summed E-state index contributed by atoms with van der Waals surface area (Å²) in [6.07, 6.45) is 60.3. The van der Waals surface area contributed by atoms with Gasteiger partial charge in [-0.3, -0.25) is 14.4 Å². The Morgan fingerprint density at radius 3 is 0.921 bits per heavy atom. The number of carbonyl (C=O) groups excluding carboxylic acids is 3. The van der Waals surface area contributed by atoms with E-state index in [4.69, 9.17) is 14.2 Å². The molecule has 0 spiro atoms. The highest BCUT2D eigenvalue weighted by atomic mass is 16.6. The summed E-state index contributed by atoms with van der Waals surface area (Å²) < 4.78 is 16.8. The maximum atomic E-state index is 12.8. The lowest BCUT2D eigenvalue weighted by atomic mass is 10.0. The first kappa shape index (κ1) is 60.9. The summed E-state index contributed by atoms with van der Waals surface area (Å²) in [6, 6.07) is 0. The molecule has 0 saturated heterocycles. The molecule has 370 valence electrons. The van der Waals surface area contributed by atoms with Gasteiger partial charge in [0.15, 0.2) is 6.10 Å². The van der Waals surface area contributed by atoms with Crippen molar-refractivity contribution in [1.29, 1.82) is 0 Å². The summed E-state index contributed by atoms with van der Waals surface area (Å²) in [6.45, 7) is 6.61. The van der Waals surface area contributed by atoms with Crippen LogP contribution in [0.1, 0.15) is 303 Å². The molecule has 0 amide bonds. The molecule has 0 rings (SSSR count). The number of esters is 3. The molecule has 0 aromatic carbocycles. The molecule has 0 heterocycles. The molecule has 0 aromatic heterocycles. The predicted octanol–water partition coefficient (Wildman–Crippen LogP) is 18.3. The molecule has 0 aliphatic rings. The second-order valence-electron chi connectivity index (χ2n) is 18.9. The summed E-state index contributed by atoms with van der Waals surface area (Å²) in [5.41, 5.74) is 0. The molecule has 6 nitrogen and oxygen atoms in total. The molecule has 1 atom stereocenters. The van der Waals surface area contributed by atoms with Crippen LogP contribution in [0.4, 0.5) is 0 Å². The minimum absolute atomic E-state index is 0.0720. The van der Waals surface area contributed by atoms with Crippen LogP contribution in [0.25, 0.3) is 0 Å². The molecule has 0 aliphatic heterocycles. The predicted molar refractivity (Wildman–Crippen MR) is 270 cm³/mol. The van der Waals surface area contributed by atoms with Gasteiger partial charge in [-0.1, -0.05) is 263 Å². The second-order valence-corrected chi connectivity index (χ2v) is 18.9. The zero-order valence-electron chi connectivity index (χ0n) is 42.4. The third-order valence-electron chi connectivity index (χ3n) is 12.5. The molecule has 6 heteroatoms. The highest BCUT2D eigenvalue weighted by Crippen LogP contribution is 2.17. The van der Waals surface area contributed by atoms with Crippen LogP contribution in [0.5, 0.6) is 0 Å². The maximum Gasteiger partial charge on any atom is 0.306 e. The molecule has 0 aromatic rings. The average Bonchev–Trinajstić information content (AvgIpc) is 3.28. The lowest BCUT2D eigenvalue weighted by molar-refractivity contribution is -0.167. The van der Waals surface area contributed by atoms with Gasteiger partial charge in [-0.2, -0.15) is 0 Å². The van der Waals surface area contributed by atoms with Gasteiger partial charge in [-0.15, -0.1) is 0 Å². The largest absolute Gasteiger partial charge is 0.462 e. The van der Waals surface area contributed by atoms with Gasteiger partial charge < -0.3 is 14.2 Å². The molecule has 0 aliphatic carbocycles. The SMILES string of the molecule is CCCC/C=C\C/C=C\CCCCCCCC(=O)OC(COC(=O)CCCCCCCCCCCC)COC(=O)CCCCCCCCCCCCCCCCCCCCCCC. The number of allylic oxidation sites excluding steroid dienone is 4. The number of hydrogen-bond donors (Lipinski definition) is 0. The molecule has 0 radical (unpaired) electrons. The van der Waals surface area contributed by atoms with E-state index in [9.17, 15) is 14.4 Å².